The van der Waals surface area contributed by atoms with Gasteiger partial charge in [-0.05, 0) is 27.7 Å². The van der Waals surface area contributed by atoms with Crippen LogP contribution >= 0.6 is 0 Å². The second kappa shape index (κ2) is 5.33. The van der Waals surface area contributed by atoms with Gasteiger partial charge in [0.25, 0.3) is 5.91 Å². The average molecular weight is 320 g/mol. The SMILES string of the molecule is C[C@@H]1Cc2c(C(=O)N3CC(=O)NC(C)(C)C3)nn(C)c2[C@H](C)O1. The van der Waals surface area contributed by atoms with E-state index < -0.39 is 5.54 Å². The fraction of sp³-hybridized carbons (Fsp3) is 0.688. The van der Waals surface area contributed by atoms with Crippen LogP contribution in [0.3, 0.4) is 0 Å². The Morgan fingerprint density at radius 1 is 1.39 bits per heavy atom. The molecule has 0 aliphatic carbocycles. The summed E-state index contributed by atoms with van der Waals surface area (Å²) in [6, 6.07) is 0. The molecule has 1 aromatic rings. The number of carbonyl (C=O) groups excluding carboxylic acids is 2. The Bertz CT molecular complexity index is 665. The largest absolute Gasteiger partial charge is 0.369 e. The van der Waals surface area contributed by atoms with Gasteiger partial charge in [-0.2, -0.15) is 5.10 Å². The van der Waals surface area contributed by atoms with Crippen LogP contribution < -0.4 is 5.32 Å². The first-order valence-electron chi connectivity index (χ1n) is 7.99. The third kappa shape index (κ3) is 2.85. The van der Waals surface area contributed by atoms with Crippen LogP contribution in [0.5, 0.6) is 0 Å². The number of hydrogen-bond acceptors (Lipinski definition) is 4. The summed E-state index contributed by atoms with van der Waals surface area (Å²) in [5.41, 5.74) is 1.93. The molecule has 2 aliphatic heterocycles. The molecule has 2 atom stereocenters. The molecule has 1 saturated heterocycles. The second-order valence-corrected chi connectivity index (χ2v) is 7.22. The smallest absolute Gasteiger partial charge is 0.275 e. The van der Waals surface area contributed by atoms with Crippen LogP contribution in [0.25, 0.3) is 0 Å². The van der Waals surface area contributed by atoms with E-state index in [0.29, 0.717) is 18.7 Å². The maximum absolute atomic E-state index is 13.0. The van der Waals surface area contributed by atoms with Crippen LogP contribution in [0, 0.1) is 0 Å². The first-order valence-corrected chi connectivity index (χ1v) is 7.99. The molecule has 0 saturated carbocycles. The van der Waals surface area contributed by atoms with Crippen molar-refractivity contribution in [2.24, 2.45) is 7.05 Å². The van der Waals surface area contributed by atoms with E-state index in [9.17, 15) is 9.59 Å². The summed E-state index contributed by atoms with van der Waals surface area (Å²) in [7, 11) is 1.83. The Morgan fingerprint density at radius 2 is 2.09 bits per heavy atom. The highest BCUT2D eigenvalue weighted by atomic mass is 16.5. The highest BCUT2D eigenvalue weighted by Gasteiger charge is 2.37. The molecule has 7 nitrogen and oxygen atoms in total. The lowest BCUT2D eigenvalue weighted by Gasteiger charge is -2.38. The number of aryl methyl sites for hydroxylation is 1. The number of ether oxygens (including phenoxy) is 1. The fourth-order valence-corrected chi connectivity index (χ4v) is 3.67. The van der Waals surface area contributed by atoms with E-state index in [0.717, 1.165) is 11.3 Å². The minimum atomic E-state index is -0.427. The molecule has 3 heterocycles. The summed E-state index contributed by atoms with van der Waals surface area (Å²) in [5, 5.41) is 7.33. The number of aromatic nitrogens is 2. The summed E-state index contributed by atoms with van der Waals surface area (Å²) in [4.78, 5) is 26.4. The molecule has 1 aromatic heterocycles. The predicted octanol–water partition coefficient (Wildman–Crippen LogP) is 0.793. The van der Waals surface area contributed by atoms with Crippen molar-refractivity contribution in [3.05, 3.63) is 17.0 Å². The van der Waals surface area contributed by atoms with Crippen molar-refractivity contribution >= 4 is 11.8 Å². The standard InChI is InChI=1S/C16H24N4O3/c1-9-6-11-13(18-19(5)14(11)10(2)23-9)15(22)20-7-12(21)17-16(3,4)8-20/h9-10H,6-8H2,1-5H3,(H,17,21)/t9-,10+/m1/s1. The number of hydrogen-bond donors (Lipinski definition) is 1. The fourth-order valence-electron chi connectivity index (χ4n) is 3.67. The molecule has 0 unspecified atom stereocenters. The molecule has 0 bridgehead atoms. The lowest BCUT2D eigenvalue weighted by atomic mass is 9.97. The van der Waals surface area contributed by atoms with Gasteiger partial charge in [-0.25, -0.2) is 0 Å². The first-order chi connectivity index (χ1) is 10.7. The third-order valence-corrected chi connectivity index (χ3v) is 4.39. The lowest BCUT2D eigenvalue weighted by molar-refractivity contribution is -0.126. The van der Waals surface area contributed by atoms with Crippen molar-refractivity contribution < 1.29 is 14.3 Å². The second-order valence-electron chi connectivity index (χ2n) is 7.22. The Labute approximate surface area is 136 Å². The van der Waals surface area contributed by atoms with Crippen molar-refractivity contribution in [1.82, 2.24) is 20.0 Å². The zero-order valence-corrected chi connectivity index (χ0v) is 14.3. The van der Waals surface area contributed by atoms with Gasteiger partial charge in [0.15, 0.2) is 5.69 Å². The molecule has 1 N–H and O–H groups in total. The van der Waals surface area contributed by atoms with E-state index in [2.05, 4.69) is 10.4 Å². The van der Waals surface area contributed by atoms with E-state index in [4.69, 9.17) is 4.74 Å². The van der Waals surface area contributed by atoms with Gasteiger partial charge in [0.1, 0.15) is 0 Å². The van der Waals surface area contributed by atoms with Gasteiger partial charge in [0, 0.05) is 25.6 Å². The minimum absolute atomic E-state index is 0.0503. The van der Waals surface area contributed by atoms with Crippen LogP contribution in [-0.2, 0) is 23.0 Å². The molecule has 2 aliphatic rings. The Balaban J connectivity index is 1.95. The van der Waals surface area contributed by atoms with Gasteiger partial charge < -0.3 is 15.0 Å². The summed E-state index contributed by atoms with van der Waals surface area (Å²) in [6.45, 7) is 8.35. The highest BCUT2D eigenvalue weighted by Crippen LogP contribution is 2.32. The topological polar surface area (TPSA) is 76.5 Å². The van der Waals surface area contributed by atoms with Crippen molar-refractivity contribution in [3.8, 4) is 0 Å². The van der Waals surface area contributed by atoms with Gasteiger partial charge >= 0.3 is 0 Å². The number of piperazine rings is 1. The average Bonchev–Trinajstić information content (AvgIpc) is 2.72. The number of nitrogens with zero attached hydrogens (tertiary/aromatic N) is 3. The monoisotopic (exact) mass is 320 g/mol. The van der Waals surface area contributed by atoms with Crippen molar-refractivity contribution in [1.29, 1.82) is 0 Å². The molecular formula is C16H24N4O3. The molecule has 1 fully saturated rings. The zero-order valence-electron chi connectivity index (χ0n) is 14.3. The predicted molar refractivity (Wildman–Crippen MR) is 84.0 cm³/mol. The summed E-state index contributed by atoms with van der Waals surface area (Å²) in [5.74, 6) is -0.310. The summed E-state index contributed by atoms with van der Waals surface area (Å²) >= 11 is 0. The number of amides is 2. The minimum Gasteiger partial charge on any atom is -0.369 e. The number of fused-ring (bicyclic) bond motifs is 1. The Morgan fingerprint density at radius 3 is 2.74 bits per heavy atom. The van der Waals surface area contributed by atoms with Crippen LogP contribution in [0.15, 0.2) is 0 Å². The molecule has 0 radical (unpaired) electrons. The molecule has 23 heavy (non-hydrogen) atoms. The van der Waals surface area contributed by atoms with E-state index >= 15 is 0 Å². The Kier molecular flexibility index (Phi) is 3.71. The molecule has 3 rings (SSSR count). The van der Waals surface area contributed by atoms with Crippen LogP contribution in [0.2, 0.25) is 0 Å². The molecule has 7 heteroatoms. The molecule has 126 valence electrons. The summed E-state index contributed by atoms with van der Waals surface area (Å²) in [6.07, 6.45) is 0.626. The van der Waals surface area contributed by atoms with Gasteiger partial charge in [-0.3, -0.25) is 14.3 Å². The summed E-state index contributed by atoms with van der Waals surface area (Å²) < 4.78 is 7.56. The number of nitrogens with one attached hydrogen (secondary N) is 1. The first kappa shape index (κ1) is 16.0. The van der Waals surface area contributed by atoms with Crippen molar-refractivity contribution in [3.63, 3.8) is 0 Å². The van der Waals surface area contributed by atoms with Gasteiger partial charge in [0.2, 0.25) is 5.91 Å². The maximum Gasteiger partial charge on any atom is 0.275 e. The molecule has 0 spiro atoms. The lowest BCUT2D eigenvalue weighted by Crippen LogP contribution is -2.61. The van der Waals surface area contributed by atoms with Crippen molar-refractivity contribution in [2.45, 2.75) is 51.9 Å². The van der Waals surface area contributed by atoms with Crippen molar-refractivity contribution in [2.75, 3.05) is 13.1 Å². The molecular weight excluding hydrogens is 296 g/mol. The maximum atomic E-state index is 13.0. The third-order valence-electron chi connectivity index (χ3n) is 4.39. The number of carbonyl (C=O) groups is 2. The molecule has 0 aromatic carbocycles. The Hall–Kier alpha value is -1.89. The molecule has 2 amide bonds. The van der Waals surface area contributed by atoms with Crippen LogP contribution in [0.1, 0.15) is 55.5 Å². The van der Waals surface area contributed by atoms with Gasteiger partial charge in [-0.1, -0.05) is 0 Å². The van der Waals surface area contributed by atoms with E-state index in [1.54, 1.807) is 9.58 Å². The van der Waals surface area contributed by atoms with Crippen LogP contribution in [-0.4, -0.2) is 51.2 Å². The van der Waals surface area contributed by atoms with E-state index in [-0.39, 0.29) is 30.6 Å². The zero-order chi connectivity index (χ0) is 16.9. The normalized spacial score (nSPS) is 26.7. The van der Waals surface area contributed by atoms with Crippen LogP contribution in [0.4, 0.5) is 0 Å². The van der Waals surface area contributed by atoms with E-state index in [1.165, 1.54) is 0 Å². The van der Waals surface area contributed by atoms with E-state index in [1.807, 2.05) is 34.7 Å². The quantitative estimate of drug-likeness (QED) is 0.830. The van der Waals surface area contributed by atoms with Gasteiger partial charge in [-0.15, -0.1) is 0 Å². The van der Waals surface area contributed by atoms with Gasteiger partial charge in [0.05, 0.1) is 30.0 Å². The highest BCUT2D eigenvalue weighted by molar-refractivity contribution is 5.97. The number of rotatable bonds is 1.